The van der Waals surface area contributed by atoms with E-state index in [-0.39, 0.29) is 23.8 Å². The van der Waals surface area contributed by atoms with E-state index in [4.69, 9.17) is 0 Å². The van der Waals surface area contributed by atoms with Crippen LogP contribution in [0.3, 0.4) is 0 Å². The van der Waals surface area contributed by atoms with Crippen LogP contribution < -0.4 is 10.6 Å². The van der Waals surface area contributed by atoms with E-state index in [0.717, 1.165) is 25.8 Å². The van der Waals surface area contributed by atoms with Crippen molar-refractivity contribution in [2.45, 2.75) is 25.7 Å². The number of hydrogen-bond acceptors (Lipinski definition) is 3. The summed E-state index contributed by atoms with van der Waals surface area (Å²) in [7, 11) is 1.67. The molecule has 1 saturated carbocycles. The fraction of sp³-hybridized carbons (Fsp3) is 0.556. The average molecular weight is 333 g/mol. The predicted molar refractivity (Wildman–Crippen MR) is 89.9 cm³/mol. The molecule has 2 atom stereocenters. The molecule has 1 aromatic rings. The molecular formula is C18H24FN3O2. The fourth-order valence-electron chi connectivity index (χ4n) is 4.10. The monoisotopic (exact) mass is 333 g/mol. The number of halogens is 1. The summed E-state index contributed by atoms with van der Waals surface area (Å²) >= 11 is 0. The van der Waals surface area contributed by atoms with Crippen LogP contribution in [0.25, 0.3) is 0 Å². The fourth-order valence-corrected chi connectivity index (χ4v) is 4.10. The lowest BCUT2D eigenvalue weighted by molar-refractivity contribution is -0.145. The summed E-state index contributed by atoms with van der Waals surface area (Å²) in [6, 6.07) is 5.74. The highest BCUT2D eigenvalue weighted by Gasteiger charge is 2.50. The lowest BCUT2D eigenvalue weighted by atomic mass is 9.67. The number of nitrogens with one attached hydrogen (secondary N) is 2. The number of benzene rings is 1. The van der Waals surface area contributed by atoms with Crippen molar-refractivity contribution in [1.29, 1.82) is 0 Å². The average Bonchev–Trinajstić information content (AvgIpc) is 2.99. The highest BCUT2D eigenvalue weighted by Crippen LogP contribution is 2.44. The predicted octanol–water partition coefficient (Wildman–Crippen LogP) is 2.00. The summed E-state index contributed by atoms with van der Waals surface area (Å²) in [5.74, 6) is -0.302. The lowest BCUT2D eigenvalue weighted by Gasteiger charge is -2.39. The molecule has 130 valence electrons. The number of carbonyl (C=O) groups is 2. The first kappa shape index (κ1) is 16.9. The van der Waals surface area contributed by atoms with Gasteiger partial charge in [-0.3, -0.25) is 9.59 Å². The SMILES string of the molecule is CN(CC(=O)Nc1cccc(F)c1)C(=O)[C@@]12CCCC[C@H]1CNC2. The van der Waals surface area contributed by atoms with Crippen LogP contribution in [-0.4, -0.2) is 43.4 Å². The van der Waals surface area contributed by atoms with E-state index >= 15 is 0 Å². The molecule has 1 aliphatic carbocycles. The molecule has 2 aliphatic rings. The Balaban J connectivity index is 1.62. The minimum atomic E-state index is -0.404. The van der Waals surface area contributed by atoms with Gasteiger partial charge in [0.1, 0.15) is 5.82 Å². The van der Waals surface area contributed by atoms with Gasteiger partial charge in [-0.15, -0.1) is 0 Å². The van der Waals surface area contributed by atoms with Crippen molar-refractivity contribution < 1.29 is 14.0 Å². The third-order valence-electron chi connectivity index (χ3n) is 5.30. The zero-order valence-corrected chi connectivity index (χ0v) is 14.0. The van der Waals surface area contributed by atoms with Crippen molar-refractivity contribution in [3.05, 3.63) is 30.1 Å². The van der Waals surface area contributed by atoms with E-state index < -0.39 is 5.82 Å². The number of nitrogens with zero attached hydrogens (tertiary/aromatic N) is 1. The van der Waals surface area contributed by atoms with Gasteiger partial charge in [0.15, 0.2) is 0 Å². The van der Waals surface area contributed by atoms with Gasteiger partial charge in [-0.05, 0) is 43.5 Å². The molecule has 0 spiro atoms. The maximum absolute atomic E-state index is 13.2. The molecule has 0 radical (unpaired) electrons. The minimum Gasteiger partial charge on any atom is -0.336 e. The summed E-state index contributed by atoms with van der Waals surface area (Å²) in [4.78, 5) is 26.7. The Bertz CT molecular complexity index is 636. The molecule has 1 saturated heterocycles. The van der Waals surface area contributed by atoms with Gasteiger partial charge in [-0.25, -0.2) is 4.39 Å². The van der Waals surface area contributed by atoms with Gasteiger partial charge in [-0.1, -0.05) is 18.9 Å². The Morgan fingerprint density at radius 3 is 3.04 bits per heavy atom. The van der Waals surface area contributed by atoms with Crippen LogP contribution in [0.4, 0.5) is 10.1 Å². The second-order valence-corrected chi connectivity index (χ2v) is 6.95. The number of carbonyl (C=O) groups excluding carboxylic acids is 2. The first-order valence-electron chi connectivity index (χ1n) is 8.53. The number of likely N-dealkylation sites (N-methyl/N-ethyl adjacent to an activating group) is 1. The Hall–Kier alpha value is -1.95. The number of amides is 2. The van der Waals surface area contributed by atoms with Crippen molar-refractivity contribution in [2.75, 3.05) is 32.0 Å². The largest absolute Gasteiger partial charge is 0.336 e. The first-order chi connectivity index (χ1) is 11.5. The van der Waals surface area contributed by atoms with Crippen LogP contribution in [-0.2, 0) is 9.59 Å². The maximum Gasteiger partial charge on any atom is 0.243 e. The molecular weight excluding hydrogens is 309 g/mol. The molecule has 3 rings (SSSR count). The number of fused-ring (bicyclic) bond motifs is 1. The van der Waals surface area contributed by atoms with Crippen LogP contribution in [0.5, 0.6) is 0 Å². The van der Waals surface area contributed by atoms with E-state index in [1.807, 2.05) is 0 Å². The van der Waals surface area contributed by atoms with Gasteiger partial charge >= 0.3 is 0 Å². The summed E-state index contributed by atoms with van der Waals surface area (Å²) < 4.78 is 13.2. The highest BCUT2D eigenvalue weighted by molar-refractivity contribution is 5.95. The van der Waals surface area contributed by atoms with Gasteiger partial charge in [0.2, 0.25) is 11.8 Å². The summed E-state index contributed by atoms with van der Waals surface area (Å²) in [5, 5.41) is 5.99. The number of hydrogen-bond donors (Lipinski definition) is 2. The van der Waals surface area contributed by atoms with Crippen LogP contribution in [0.15, 0.2) is 24.3 Å². The summed E-state index contributed by atoms with van der Waals surface area (Å²) in [6.07, 6.45) is 4.19. The molecule has 0 aromatic heterocycles. The topological polar surface area (TPSA) is 61.4 Å². The third kappa shape index (κ3) is 3.29. The first-order valence-corrected chi connectivity index (χ1v) is 8.53. The van der Waals surface area contributed by atoms with Crippen LogP contribution in [0.2, 0.25) is 0 Å². The van der Waals surface area contributed by atoms with Gasteiger partial charge in [-0.2, -0.15) is 0 Å². The molecule has 1 aromatic carbocycles. The zero-order chi connectivity index (χ0) is 17.2. The molecule has 1 heterocycles. The third-order valence-corrected chi connectivity index (χ3v) is 5.30. The van der Waals surface area contributed by atoms with Gasteiger partial charge < -0.3 is 15.5 Å². The molecule has 2 N–H and O–H groups in total. The Kier molecular flexibility index (Phi) is 4.85. The second-order valence-electron chi connectivity index (χ2n) is 6.95. The zero-order valence-electron chi connectivity index (χ0n) is 14.0. The quantitative estimate of drug-likeness (QED) is 0.886. The van der Waals surface area contributed by atoms with Gasteiger partial charge in [0, 0.05) is 19.3 Å². The van der Waals surface area contributed by atoms with E-state index in [1.165, 1.54) is 29.5 Å². The van der Waals surface area contributed by atoms with Crippen LogP contribution >= 0.6 is 0 Å². The van der Waals surface area contributed by atoms with Crippen molar-refractivity contribution in [1.82, 2.24) is 10.2 Å². The number of anilines is 1. The molecule has 24 heavy (non-hydrogen) atoms. The molecule has 0 unspecified atom stereocenters. The minimum absolute atomic E-state index is 0.0240. The maximum atomic E-state index is 13.2. The van der Waals surface area contributed by atoms with Gasteiger partial charge in [0.25, 0.3) is 0 Å². The van der Waals surface area contributed by atoms with E-state index in [2.05, 4.69) is 10.6 Å². The molecule has 1 aliphatic heterocycles. The molecule has 5 nitrogen and oxygen atoms in total. The lowest BCUT2D eigenvalue weighted by Crippen LogP contribution is -2.50. The van der Waals surface area contributed by atoms with Crippen LogP contribution in [0, 0.1) is 17.2 Å². The molecule has 6 heteroatoms. The summed E-state index contributed by atoms with van der Waals surface area (Å²) in [5.41, 5.74) is 0.0451. The Morgan fingerprint density at radius 2 is 2.25 bits per heavy atom. The van der Waals surface area contributed by atoms with Crippen LogP contribution in [0.1, 0.15) is 25.7 Å². The molecule has 2 amide bonds. The standard InChI is InChI=1S/C18H24FN3O2/c1-22(11-16(23)21-15-7-4-6-14(19)9-15)17(24)18-8-3-2-5-13(18)10-20-12-18/h4,6-7,9,13,20H,2-3,5,8,10-12H2,1H3,(H,21,23)/t13-,18+/m0/s1. The van der Waals surface area contributed by atoms with E-state index in [9.17, 15) is 14.0 Å². The van der Waals surface area contributed by atoms with Crippen molar-refractivity contribution in [3.63, 3.8) is 0 Å². The van der Waals surface area contributed by atoms with Crippen molar-refractivity contribution in [3.8, 4) is 0 Å². The summed E-state index contributed by atoms with van der Waals surface area (Å²) in [6.45, 7) is 1.56. The van der Waals surface area contributed by atoms with E-state index in [1.54, 1.807) is 13.1 Å². The highest BCUT2D eigenvalue weighted by atomic mass is 19.1. The second kappa shape index (κ2) is 6.89. The van der Waals surface area contributed by atoms with Crippen molar-refractivity contribution >= 4 is 17.5 Å². The molecule has 2 fully saturated rings. The normalized spacial score (nSPS) is 25.8. The molecule has 0 bridgehead atoms. The smallest absolute Gasteiger partial charge is 0.243 e. The Labute approximate surface area is 141 Å². The van der Waals surface area contributed by atoms with Crippen molar-refractivity contribution in [2.24, 2.45) is 11.3 Å². The van der Waals surface area contributed by atoms with Gasteiger partial charge in [0.05, 0.1) is 12.0 Å². The number of rotatable bonds is 4. The van der Waals surface area contributed by atoms with E-state index in [0.29, 0.717) is 18.2 Å². The Morgan fingerprint density at radius 1 is 1.42 bits per heavy atom.